The Kier molecular flexibility index (Phi) is 11.0. The van der Waals surface area contributed by atoms with Gasteiger partial charge in [0.2, 0.25) is 0 Å². The summed E-state index contributed by atoms with van der Waals surface area (Å²) in [5, 5.41) is 0. The average molecular weight is 531 g/mol. The average Bonchev–Trinajstić information content (AvgIpc) is 2.86. The highest BCUT2D eigenvalue weighted by Crippen LogP contribution is 2.50. The molecule has 0 aromatic rings. The third-order valence-electron chi connectivity index (χ3n) is 9.50. The summed E-state index contributed by atoms with van der Waals surface area (Å²) >= 11 is 0. The van der Waals surface area contributed by atoms with Crippen molar-refractivity contribution in [1.82, 2.24) is 0 Å². The van der Waals surface area contributed by atoms with Gasteiger partial charge in [0.1, 0.15) is 24.4 Å². The van der Waals surface area contributed by atoms with E-state index < -0.39 is 16.5 Å². The third kappa shape index (κ3) is 8.52. The first kappa shape index (κ1) is 28.1. The molecule has 0 N–H and O–H groups in total. The van der Waals surface area contributed by atoms with Crippen molar-refractivity contribution in [3.05, 3.63) is 0 Å². The Morgan fingerprint density at radius 2 is 0.743 bits per heavy atom. The second-order valence-corrected chi connectivity index (χ2v) is 13.9. The highest BCUT2D eigenvalue weighted by Gasteiger charge is 2.44. The van der Waals surface area contributed by atoms with E-state index in [1.54, 1.807) is 0 Å². The first-order valence-corrected chi connectivity index (χ1v) is 16.7. The van der Waals surface area contributed by atoms with Gasteiger partial charge in [-0.2, -0.15) is 0 Å². The van der Waals surface area contributed by atoms with Gasteiger partial charge in [0.05, 0.1) is 0 Å². The minimum atomic E-state index is -2.00. The third-order valence-corrected chi connectivity index (χ3v) is 11.4. The van der Waals surface area contributed by atoms with Crippen LogP contribution in [0.3, 0.4) is 0 Å². The molecule has 0 amide bonds. The van der Waals surface area contributed by atoms with Gasteiger partial charge in [0.15, 0.2) is 0 Å². The normalized spacial score (nSPS) is 32.9. The van der Waals surface area contributed by atoms with Crippen LogP contribution in [0.1, 0.15) is 129 Å². The molecule has 35 heavy (non-hydrogen) atoms. The molecule has 0 spiro atoms. The largest absolute Gasteiger partial charge is 0.697 e. The number of hydrogen-bond acceptors (Lipinski definition) is 6. The summed E-state index contributed by atoms with van der Waals surface area (Å²) in [7, 11) is -4.00. The summed E-state index contributed by atoms with van der Waals surface area (Å²) in [4.78, 5) is 0. The van der Waals surface area contributed by atoms with Crippen molar-refractivity contribution in [1.29, 1.82) is 0 Å². The lowest BCUT2D eigenvalue weighted by Gasteiger charge is -2.45. The molecule has 0 radical (unpaired) electrons. The first-order valence-electron chi connectivity index (χ1n) is 14.5. The summed E-state index contributed by atoms with van der Waals surface area (Å²) < 4.78 is 47.9. The van der Waals surface area contributed by atoms with Crippen LogP contribution in [0.5, 0.6) is 0 Å². The van der Waals surface area contributed by atoms with E-state index in [0.717, 1.165) is 77.0 Å². The zero-order valence-electron chi connectivity index (χ0n) is 22.0. The molecule has 8 heteroatoms. The summed E-state index contributed by atoms with van der Waals surface area (Å²) in [5.41, 5.74) is 0.261. The lowest BCUT2D eigenvalue weighted by atomic mass is 9.60. The van der Waals surface area contributed by atoms with Crippen molar-refractivity contribution in [3.63, 3.8) is 0 Å². The molecule has 4 rings (SSSR count). The molecule has 4 fully saturated rings. The second kappa shape index (κ2) is 13.7. The maximum absolute atomic E-state index is 12.4. The van der Waals surface area contributed by atoms with Gasteiger partial charge in [0, 0.05) is 9.13 Å². The summed E-state index contributed by atoms with van der Waals surface area (Å²) in [5.74, 6) is 1.32. The molecule has 2 atom stereocenters. The summed E-state index contributed by atoms with van der Waals surface area (Å²) in [6.07, 6.45) is 20.1. The second-order valence-electron chi connectivity index (χ2n) is 12.2. The fraction of sp³-hybridized carbons (Fsp3) is 1.00. The minimum absolute atomic E-state index is 0.0684. The van der Waals surface area contributed by atoms with E-state index in [0.29, 0.717) is 11.8 Å². The maximum atomic E-state index is 12.4. The van der Waals surface area contributed by atoms with Crippen molar-refractivity contribution >= 4 is 16.5 Å². The van der Waals surface area contributed by atoms with E-state index in [-0.39, 0.29) is 29.8 Å². The molecule has 0 saturated heterocycles. The number of rotatable bonds is 10. The standard InChI is InChI=1S/C27H48O6P2/c1-27(2,21-13-17-25(18-14-21)32-34(28)30-23-9-5-3-6-10-23)22-15-19-26(20-16-22)33-35(29)31-24-11-7-4-8-12-24/h21-26H,3-20H2,1-2H3/q+2. The predicted octanol–water partition coefficient (Wildman–Crippen LogP) is 9.18. The molecule has 0 heterocycles. The minimum Gasteiger partial charge on any atom is -0.116 e. The lowest BCUT2D eigenvalue weighted by molar-refractivity contribution is 0.00542. The van der Waals surface area contributed by atoms with Gasteiger partial charge in [-0.05, 0) is 94.3 Å². The molecule has 4 aliphatic carbocycles. The Hall–Kier alpha value is 0.0400. The zero-order chi connectivity index (χ0) is 24.7. The fourth-order valence-electron chi connectivity index (χ4n) is 7.04. The van der Waals surface area contributed by atoms with Crippen molar-refractivity contribution in [2.75, 3.05) is 0 Å². The van der Waals surface area contributed by atoms with Gasteiger partial charge < -0.3 is 0 Å². The number of hydrogen-bond donors (Lipinski definition) is 0. The van der Waals surface area contributed by atoms with Crippen molar-refractivity contribution in [3.8, 4) is 0 Å². The van der Waals surface area contributed by atoms with E-state index in [1.807, 2.05) is 0 Å². The van der Waals surface area contributed by atoms with Crippen LogP contribution >= 0.6 is 16.5 Å². The van der Waals surface area contributed by atoms with Crippen LogP contribution in [0.25, 0.3) is 0 Å². The van der Waals surface area contributed by atoms with Crippen LogP contribution in [-0.4, -0.2) is 24.4 Å². The quantitative estimate of drug-likeness (QED) is 0.262. The Morgan fingerprint density at radius 1 is 0.457 bits per heavy atom. The zero-order valence-corrected chi connectivity index (χ0v) is 23.8. The molecule has 0 aromatic heterocycles. The molecule has 4 aliphatic rings. The van der Waals surface area contributed by atoms with Crippen LogP contribution in [0.2, 0.25) is 0 Å². The SMILES string of the molecule is CC(C)(C1CCC(O[P+](=O)OC2CCCCC2)CC1)C1CCC(O[P+](=O)OC2CCCCC2)CC1. The highest BCUT2D eigenvalue weighted by molar-refractivity contribution is 7.33. The molecular formula is C27H48O6P2+2. The molecule has 6 nitrogen and oxygen atoms in total. The van der Waals surface area contributed by atoms with Crippen LogP contribution in [0.15, 0.2) is 0 Å². The molecular weight excluding hydrogens is 482 g/mol. The van der Waals surface area contributed by atoms with E-state index in [2.05, 4.69) is 13.8 Å². The molecule has 0 aliphatic heterocycles. The molecule has 0 bridgehead atoms. The molecule has 2 unspecified atom stereocenters. The van der Waals surface area contributed by atoms with Crippen LogP contribution in [0.4, 0.5) is 0 Å². The van der Waals surface area contributed by atoms with Crippen LogP contribution < -0.4 is 0 Å². The van der Waals surface area contributed by atoms with Crippen molar-refractivity contribution in [2.45, 2.75) is 154 Å². The van der Waals surface area contributed by atoms with E-state index >= 15 is 0 Å². The summed E-state index contributed by atoms with van der Waals surface area (Å²) in [6, 6.07) is 0. The Labute approximate surface area is 214 Å². The summed E-state index contributed by atoms with van der Waals surface area (Å²) in [6.45, 7) is 4.87. The van der Waals surface area contributed by atoms with E-state index in [1.165, 1.54) is 38.5 Å². The highest BCUT2D eigenvalue weighted by atomic mass is 31.1. The smallest absolute Gasteiger partial charge is 0.116 e. The molecule has 200 valence electrons. The van der Waals surface area contributed by atoms with Crippen molar-refractivity contribution in [2.24, 2.45) is 17.3 Å². The van der Waals surface area contributed by atoms with E-state index in [9.17, 15) is 9.13 Å². The van der Waals surface area contributed by atoms with Gasteiger partial charge >= 0.3 is 16.5 Å². The van der Waals surface area contributed by atoms with E-state index in [4.69, 9.17) is 18.1 Å². The monoisotopic (exact) mass is 530 g/mol. The Morgan fingerprint density at radius 3 is 1.06 bits per heavy atom. The lowest BCUT2D eigenvalue weighted by Crippen LogP contribution is -2.38. The Balaban J connectivity index is 1.14. The van der Waals surface area contributed by atoms with Gasteiger partial charge in [-0.1, -0.05) is 52.4 Å². The van der Waals surface area contributed by atoms with Gasteiger partial charge in [0.25, 0.3) is 0 Å². The fourth-order valence-corrected chi connectivity index (χ4v) is 8.95. The van der Waals surface area contributed by atoms with Gasteiger partial charge in [-0.25, -0.2) is 0 Å². The Bertz CT molecular complexity index is 617. The van der Waals surface area contributed by atoms with Crippen LogP contribution in [0, 0.1) is 17.3 Å². The molecule has 0 aromatic carbocycles. The molecule has 4 saturated carbocycles. The predicted molar refractivity (Wildman–Crippen MR) is 139 cm³/mol. The first-order chi connectivity index (χ1) is 16.9. The van der Waals surface area contributed by atoms with Gasteiger partial charge in [-0.3, -0.25) is 0 Å². The topological polar surface area (TPSA) is 71.1 Å². The van der Waals surface area contributed by atoms with Crippen LogP contribution in [-0.2, 0) is 27.2 Å². The van der Waals surface area contributed by atoms with Crippen molar-refractivity contribution < 1.29 is 27.2 Å². The van der Waals surface area contributed by atoms with Gasteiger partial charge in [-0.15, -0.1) is 18.1 Å². The maximum Gasteiger partial charge on any atom is 0.697 e.